The number of nitrogens with one attached hydrogen (secondary N) is 1. The maximum Gasteiger partial charge on any atom is 0.308 e. The van der Waals surface area contributed by atoms with Crippen LogP contribution < -0.4 is 19.8 Å². The number of fused-ring (bicyclic) bond motifs is 10. The van der Waals surface area contributed by atoms with Crippen LogP contribution in [0.2, 0.25) is 0 Å². The topological polar surface area (TPSA) is 97.7 Å². The summed E-state index contributed by atoms with van der Waals surface area (Å²) in [5, 5.41) is 5.75. The van der Waals surface area contributed by atoms with Crippen molar-refractivity contribution < 1.29 is 23.5 Å². The highest BCUT2D eigenvalue weighted by Gasteiger charge is 2.69. The van der Waals surface area contributed by atoms with E-state index in [0.717, 1.165) is 44.0 Å². The molecular formula is C38H30FN3O5S2. The van der Waals surface area contributed by atoms with E-state index in [4.69, 9.17) is 4.74 Å². The zero-order valence-electron chi connectivity index (χ0n) is 26.2. The fraction of sp³-hybridized carbons (Fsp3) is 0.263. The summed E-state index contributed by atoms with van der Waals surface area (Å²) in [5.74, 6) is -1.81. The van der Waals surface area contributed by atoms with E-state index in [9.17, 15) is 23.6 Å². The molecule has 2 bridgehead atoms. The predicted octanol–water partition coefficient (Wildman–Crippen LogP) is 6.53. The number of carbonyl (C=O) groups is 3. The van der Waals surface area contributed by atoms with Gasteiger partial charge >= 0.3 is 4.87 Å². The van der Waals surface area contributed by atoms with Crippen LogP contribution in [0, 0.1) is 35.4 Å². The van der Waals surface area contributed by atoms with E-state index < -0.39 is 17.7 Å². The van der Waals surface area contributed by atoms with Crippen LogP contribution in [0.5, 0.6) is 5.75 Å². The molecule has 2 saturated carbocycles. The van der Waals surface area contributed by atoms with Crippen molar-refractivity contribution in [1.82, 2.24) is 4.57 Å². The molecule has 49 heavy (non-hydrogen) atoms. The number of carbonyl (C=O) groups excluding carboxylic acids is 3. The third-order valence-electron chi connectivity index (χ3n) is 10.8. The molecule has 9 rings (SSSR count). The minimum Gasteiger partial charge on any atom is -0.497 e. The molecule has 1 aromatic heterocycles. The van der Waals surface area contributed by atoms with Gasteiger partial charge in [-0.1, -0.05) is 53.8 Å². The fourth-order valence-corrected chi connectivity index (χ4v) is 12.0. The molecule has 4 aromatic carbocycles. The van der Waals surface area contributed by atoms with Gasteiger partial charge in [0.25, 0.3) is 0 Å². The van der Waals surface area contributed by atoms with Gasteiger partial charge in [0, 0.05) is 21.7 Å². The molecule has 8 nitrogen and oxygen atoms in total. The number of benzene rings is 4. The normalized spacial score (nSPS) is 26.5. The number of halogens is 1. The summed E-state index contributed by atoms with van der Waals surface area (Å²) < 4.78 is 20.8. The molecule has 4 aliphatic rings. The van der Waals surface area contributed by atoms with E-state index in [2.05, 4.69) is 5.32 Å². The largest absolute Gasteiger partial charge is 0.497 e. The van der Waals surface area contributed by atoms with Crippen molar-refractivity contribution in [3.05, 3.63) is 117 Å². The number of amides is 3. The smallest absolute Gasteiger partial charge is 0.308 e. The number of methoxy groups -OCH3 is 1. The molecule has 7 atom stereocenters. The summed E-state index contributed by atoms with van der Waals surface area (Å²) in [6.45, 7) is -0.146. The van der Waals surface area contributed by atoms with Gasteiger partial charge in [-0.05, 0) is 89.0 Å². The summed E-state index contributed by atoms with van der Waals surface area (Å²) in [7, 11) is 1.61. The molecule has 246 valence electrons. The number of imide groups is 1. The number of thiazole rings is 1. The number of anilines is 2. The van der Waals surface area contributed by atoms with E-state index in [1.807, 2.05) is 66.7 Å². The quantitative estimate of drug-likeness (QED) is 0.204. The van der Waals surface area contributed by atoms with Crippen LogP contribution in [0.4, 0.5) is 15.8 Å². The summed E-state index contributed by atoms with van der Waals surface area (Å²) >= 11 is 2.74. The standard InChI is InChI=1S/C38H30FN3O5S2/c1-47-25-14-7-20(8-15-25)29-30-26-17-27(32-31(26)35(44)42(36(32)45)24-12-9-22(39)10-13-24)33(30)48-37-34(29)49-38(46)41(37)18-28(43)40-23-11-6-19-4-2-3-5-21(19)16-23/h2-16,26-27,29-33H,17-18H2,1H3,(H,40,43). The molecule has 5 aromatic rings. The molecule has 11 heteroatoms. The average Bonchev–Trinajstić information content (AvgIpc) is 3.83. The maximum absolute atomic E-state index is 14.0. The molecule has 0 spiro atoms. The van der Waals surface area contributed by atoms with E-state index in [1.165, 1.54) is 29.2 Å². The Kier molecular flexibility index (Phi) is 7.07. The van der Waals surface area contributed by atoms with Gasteiger partial charge in [-0.3, -0.25) is 28.6 Å². The van der Waals surface area contributed by atoms with Gasteiger partial charge < -0.3 is 10.1 Å². The number of hydrogen-bond donors (Lipinski definition) is 1. The number of aromatic nitrogens is 1. The monoisotopic (exact) mass is 691 g/mol. The second-order valence-electron chi connectivity index (χ2n) is 13.2. The summed E-state index contributed by atoms with van der Waals surface area (Å²) in [5.41, 5.74) is 2.04. The zero-order valence-corrected chi connectivity index (χ0v) is 27.9. The SMILES string of the molecule is COc1ccc(C2c3sc(=O)n(CC(=O)Nc4ccc5ccccc5c4)c3SC3C4CC(C5C(=O)N(c6ccc(F)cc6)C(=O)C45)C23)cc1. The molecule has 1 N–H and O–H groups in total. The highest BCUT2D eigenvalue weighted by molar-refractivity contribution is 8.00. The van der Waals surface area contributed by atoms with Crippen LogP contribution in [-0.4, -0.2) is 34.6 Å². The molecule has 1 saturated heterocycles. The van der Waals surface area contributed by atoms with Crippen LogP contribution in [0.15, 0.2) is 101 Å². The lowest BCUT2D eigenvalue weighted by atomic mass is 9.68. The Labute approximate surface area is 288 Å². The molecule has 2 aliphatic carbocycles. The van der Waals surface area contributed by atoms with Crippen molar-refractivity contribution >= 4 is 63.0 Å². The Morgan fingerprint density at radius 2 is 1.61 bits per heavy atom. The summed E-state index contributed by atoms with van der Waals surface area (Å²) in [6.07, 6.45) is 0.737. The van der Waals surface area contributed by atoms with Gasteiger partial charge in [0.2, 0.25) is 17.7 Å². The Bertz CT molecular complexity index is 2230. The van der Waals surface area contributed by atoms with Gasteiger partial charge in [-0.25, -0.2) is 4.39 Å². The number of hydrogen-bond acceptors (Lipinski definition) is 7. The minimum atomic E-state index is -0.482. The van der Waals surface area contributed by atoms with Crippen LogP contribution in [-0.2, 0) is 20.9 Å². The molecule has 3 fully saturated rings. The van der Waals surface area contributed by atoms with Gasteiger partial charge in [0.15, 0.2) is 0 Å². The number of rotatable bonds is 6. The Hall–Kier alpha value is -4.74. The molecule has 3 amide bonds. The van der Waals surface area contributed by atoms with E-state index in [0.29, 0.717) is 17.1 Å². The first kappa shape index (κ1) is 30.3. The van der Waals surface area contributed by atoms with Crippen LogP contribution >= 0.6 is 23.1 Å². The number of ether oxygens (including phenoxy) is 1. The van der Waals surface area contributed by atoms with Crippen molar-refractivity contribution in [2.75, 3.05) is 17.3 Å². The highest BCUT2D eigenvalue weighted by Crippen LogP contribution is 2.69. The second-order valence-corrected chi connectivity index (χ2v) is 15.4. The van der Waals surface area contributed by atoms with Gasteiger partial charge in [0.05, 0.1) is 29.7 Å². The first-order valence-corrected chi connectivity index (χ1v) is 18.0. The molecular weight excluding hydrogens is 662 g/mol. The van der Waals surface area contributed by atoms with Crippen molar-refractivity contribution in [2.45, 2.75) is 29.2 Å². The van der Waals surface area contributed by atoms with Crippen molar-refractivity contribution in [3.63, 3.8) is 0 Å². The van der Waals surface area contributed by atoms with E-state index in [1.54, 1.807) is 23.4 Å². The van der Waals surface area contributed by atoms with Crippen molar-refractivity contribution in [1.29, 1.82) is 0 Å². The lowest BCUT2D eigenvalue weighted by Crippen LogP contribution is -2.43. The van der Waals surface area contributed by atoms with Crippen LogP contribution in [0.1, 0.15) is 22.8 Å². The third kappa shape index (κ3) is 4.69. The molecule has 7 unspecified atom stereocenters. The van der Waals surface area contributed by atoms with E-state index in [-0.39, 0.29) is 58.1 Å². The predicted molar refractivity (Wildman–Crippen MR) is 187 cm³/mol. The third-order valence-corrected chi connectivity index (χ3v) is 13.6. The minimum absolute atomic E-state index is 0.0000102. The maximum atomic E-state index is 14.0. The van der Waals surface area contributed by atoms with Crippen molar-refractivity contribution in [2.24, 2.45) is 29.6 Å². The van der Waals surface area contributed by atoms with Crippen LogP contribution in [0.25, 0.3) is 10.8 Å². The molecule has 3 heterocycles. The lowest BCUT2D eigenvalue weighted by molar-refractivity contribution is -0.123. The summed E-state index contributed by atoms with van der Waals surface area (Å²) in [4.78, 5) is 57.0. The van der Waals surface area contributed by atoms with E-state index >= 15 is 0 Å². The lowest BCUT2D eigenvalue weighted by Gasteiger charge is -2.43. The number of thioether (sulfide) groups is 1. The second kappa shape index (κ2) is 11.4. The zero-order chi connectivity index (χ0) is 33.6. The molecule has 2 aliphatic heterocycles. The Morgan fingerprint density at radius 1 is 0.898 bits per heavy atom. The van der Waals surface area contributed by atoms with Gasteiger partial charge in [-0.2, -0.15) is 0 Å². The Balaban J connectivity index is 1.08. The Morgan fingerprint density at radius 3 is 2.35 bits per heavy atom. The average molecular weight is 692 g/mol. The molecule has 0 radical (unpaired) electrons. The van der Waals surface area contributed by atoms with Crippen LogP contribution in [0.3, 0.4) is 0 Å². The first-order valence-electron chi connectivity index (χ1n) is 16.3. The van der Waals surface area contributed by atoms with Gasteiger partial charge in [0.1, 0.15) is 18.1 Å². The highest BCUT2D eigenvalue weighted by atomic mass is 32.2. The summed E-state index contributed by atoms with van der Waals surface area (Å²) in [6, 6.07) is 26.9. The fourth-order valence-electron chi connectivity index (χ4n) is 8.89. The van der Waals surface area contributed by atoms with Gasteiger partial charge in [-0.15, -0.1) is 11.8 Å². The van der Waals surface area contributed by atoms with Crippen molar-refractivity contribution in [3.8, 4) is 5.75 Å². The number of nitrogens with zero attached hydrogens (tertiary/aromatic N) is 2. The first-order chi connectivity index (χ1) is 23.8.